The van der Waals surface area contributed by atoms with Crippen molar-refractivity contribution in [1.29, 1.82) is 0 Å². The van der Waals surface area contributed by atoms with Gasteiger partial charge >= 0.3 is 0 Å². The lowest BCUT2D eigenvalue weighted by atomic mass is 10.0. The summed E-state index contributed by atoms with van der Waals surface area (Å²) in [6, 6.07) is 8.02. The molecular formula is C14H12N4O. The number of anilines is 1. The standard InChI is InChI=1S/C14H12N4O/c1-9-2-4-10(5-3-9)12-13(19-18-14(12)15)11-6-16-8-17-7-11/h2-8H,1H3,(H2,15,18). The highest BCUT2D eigenvalue weighted by atomic mass is 16.5. The Labute approximate surface area is 110 Å². The summed E-state index contributed by atoms with van der Waals surface area (Å²) in [5.74, 6) is 0.949. The van der Waals surface area contributed by atoms with Crippen molar-refractivity contribution in [3.8, 4) is 22.5 Å². The van der Waals surface area contributed by atoms with E-state index in [0.29, 0.717) is 11.6 Å². The van der Waals surface area contributed by atoms with Gasteiger partial charge in [-0.2, -0.15) is 0 Å². The average molecular weight is 252 g/mol. The molecule has 0 aliphatic carbocycles. The van der Waals surface area contributed by atoms with Gasteiger partial charge in [0.2, 0.25) is 0 Å². The molecule has 0 saturated carbocycles. The fraction of sp³-hybridized carbons (Fsp3) is 0.0714. The van der Waals surface area contributed by atoms with Crippen LogP contribution in [-0.4, -0.2) is 15.1 Å². The minimum atomic E-state index is 0.364. The van der Waals surface area contributed by atoms with E-state index in [0.717, 1.165) is 16.7 Å². The van der Waals surface area contributed by atoms with Crippen LogP contribution in [0.5, 0.6) is 0 Å². The third-order valence-electron chi connectivity index (χ3n) is 2.88. The first-order chi connectivity index (χ1) is 9.25. The molecule has 0 radical (unpaired) electrons. The number of nitrogens with two attached hydrogens (primary N) is 1. The Balaban J connectivity index is 2.17. The molecular weight excluding hydrogens is 240 g/mol. The summed E-state index contributed by atoms with van der Waals surface area (Å²) in [7, 11) is 0. The number of benzene rings is 1. The predicted octanol–water partition coefficient (Wildman–Crippen LogP) is 2.69. The summed E-state index contributed by atoms with van der Waals surface area (Å²) in [4.78, 5) is 7.96. The molecule has 3 aromatic rings. The van der Waals surface area contributed by atoms with Gasteiger partial charge < -0.3 is 10.3 Å². The van der Waals surface area contributed by atoms with Gasteiger partial charge in [0.1, 0.15) is 6.33 Å². The van der Waals surface area contributed by atoms with Crippen molar-refractivity contribution in [3.05, 3.63) is 48.5 Å². The summed E-state index contributed by atoms with van der Waals surface area (Å²) in [6.45, 7) is 2.03. The lowest BCUT2D eigenvalue weighted by Gasteiger charge is -2.02. The SMILES string of the molecule is Cc1ccc(-c2c(N)noc2-c2cncnc2)cc1. The molecule has 5 nitrogen and oxygen atoms in total. The van der Waals surface area contributed by atoms with Crippen molar-refractivity contribution in [2.45, 2.75) is 6.92 Å². The summed E-state index contributed by atoms with van der Waals surface area (Å²) < 4.78 is 5.31. The van der Waals surface area contributed by atoms with Gasteiger partial charge in [0.15, 0.2) is 11.6 Å². The molecule has 5 heteroatoms. The lowest BCUT2D eigenvalue weighted by molar-refractivity contribution is 0.436. The van der Waals surface area contributed by atoms with Crippen molar-refractivity contribution in [3.63, 3.8) is 0 Å². The maximum absolute atomic E-state index is 5.90. The Morgan fingerprint density at radius 2 is 1.68 bits per heavy atom. The highest BCUT2D eigenvalue weighted by molar-refractivity contribution is 5.86. The van der Waals surface area contributed by atoms with Gasteiger partial charge in [-0.25, -0.2) is 9.97 Å². The molecule has 1 aromatic carbocycles. The van der Waals surface area contributed by atoms with Crippen molar-refractivity contribution in [1.82, 2.24) is 15.1 Å². The highest BCUT2D eigenvalue weighted by Gasteiger charge is 2.17. The number of nitrogens with zero attached hydrogens (tertiary/aromatic N) is 3. The van der Waals surface area contributed by atoms with E-state index in [1.54, 1.807) is 12.4 Å². The van der Waals surface area contributed by atoms with Crippen LogP contribution in [0.15, 0.2) is 47.5 Å². The quantitative estimate of drug-likeness (QED) is 0.758. The molecule has 2 heterocycles. The van der Waals surface area contributed by atoms with E-state index in [9.17, 15) is 0 Å². The maximum atomic E-state index is 5.90. The second-order valence-corrected chi connectivity index (χ2v) is 4.27. The van der Waals surface area contributed by atoms with Crippen LogP contribution in [0.4, 0.5) is 5.82 Å². The minimum absolute atomic E-state index is 0.364. The molecule has 0 unspecified atom stereocenters. The van der Waals surface area contributed by atoms with Crippen LogP contribution in [0.25, 0.3) is 22.5 Å². The largest absolute Gasteiger partial charge is 0.380 e. The fourth-order valence-electron chi connectivity index (χ4n) is 1.92. The fourth-order valence-corrected chi connectivity index (χ4v) is 1.92. The van der Waals surface area contributed by atoms with Crippen molar-refractivity contribution < 1.29 is 4.52 Å². The molecule has 19 heavy (non-hydrogen) atoms. The van der Waals surface area contributed by atoms with E-state index >= 15 is 0 Å². The molecule has 94 valence electrons. The first kappa shape index (κ1) is 11.4. The molecule has 0 aliphatic rings. The van der Waals surface area contributed by atoms with Crippen LogP contribution >= 0.6 is 0 Å². The smallest absolute Gasteiger partial charge is 0.180 e. The maximum Gasteiger partial charge on any atom is 0.180 e. The van der Waals surface area contributed by atoms with Crippen LogP contribution in [-0.2, 0) is 0 Å². The van der Waals surface area contributed by atoms with Crippen molar-refractivity contribution >= 4 is 5.82 Å². The number of aryl methyl sites for hydroxylation is 1. The molecule has 0 bridgehead atoms. The number of aromatic nitrogens is 3. The zero-order valence-electron chi connectivity index (χ0n) is 10.4. The Kier molecular flexibility index (Phi) is 2.72. The summed E-state index contributed by atoms with van der Waals surface area (Å²) in [6.07, 6.45) is 4.81. The van der Waals surface area contributed by atoms with E-state index in [2.05, 4.69) is 15.1 Å². The molecule has 0 aliphatic heterocycles. The van der Waals surface area contributed by atoms with Gasteiger partial charge in [0, 0.05) is 12.4 Å². The number of nitrogen functional groups attached to an aromatic ring is 1. The van der Waals surface area contributed by atoms with E-state index in [4.69, 9.17) is 10.3 Å². The van der Waals surface area contributed by atoms with Crippen LogP contribution in [0.1, 0.15) is 5.56 Å². The highest BCUT2D eigenvalue weighted by Crippen LogP contribution is 2.35. The summed E-state index contributed by atoms with van der Waals surface area (Å²) in [5.41, 5.74) is 9.57. The first-order valence-corrected chi connectivity index (χ1v) is 5.83. The molecule has 3 rings (SSSR count). The van der Waals surface area contributed by atoms with E-state index < -0.39 is 0 Å². The zero-order valence-corrected chi connectivity index (χ0v) is 10.4. The third-order valence-corrected chi connectivity index (χ3v) is 2.88. The number of hydrogen-bond acceptors (Lipinski definition) is 5. The molecule has 0 fully saturated rings. The first-order valence-electron chi connectivity index (χ1n) is 5.83. The number of hydrogen-bond donors (Lipinski definition) is 1. The van der Waals surface area contributed by atoms with E-state index in [1.807, 2.05) is 31.2 Å². The lowest BCUT2D eigenvalue weighted by Crippen LogP contribution is -1.89. The topological polar surface area (TPSA) is 77.8 Å². The molecule has 2 aromatic heterocycles. The third kappa shape index (κ3) is 2.06. The summed E-state index contributed by atoms with van der Waals surface area (Å²) in [5, 5.41) is 3.84. The van der Waals surface area contributed by atoms with Crippen LogP contribution < -0.4 is 5.73 Å². The predicted molar refractivity (Wildman–Crippen MR) is 72.1 cm³/mol. The molecule has 0 saturated heterocycles. The Morgan fingerprint density at radius 3 is 2.37 bits per heavy atom. The van der Waals surface area contributed by atoms with E-state index in [1.165, 1.54) is 11.9 Å². The van der Waals surface area contributed by atoms with Crippen LogP contribution in [0.3, 0.4) is 0 Å². The normalized spacial score (nSPS) is 10.6. The van der Waals surface area contributed by atoms with Crippen LogP contribution in [0.2, 0.25) is 0 Å². The van der Waals surface area contributed by atoms with Gasteiger partial charge in [-0.15, -0.1) is 0 Å². The number of rotatable bonds is 2. The second kappa shape index (κ2) is 4.53. The molecule has 0 atom stereocenters. The average Bonchev–Trinajstić information content (AvgIpc) is 2.83. The summed E-state index contributed by atoms with van der Waals surface area (Å²) >= 11 is 0. The van der Waals surface area contributed by atoms with Crippen LogP contribution in [0, 0.1) is 6.92 Å². The minimum Gasteiger partial charge on any atom is -0.380 e. The van der Waals surface area contributed by atoms with Gasteiger partial charge in [-0.05, 0) is 12.5 Å². The van der Waals surface area contributed by atoms with Crippen molar-refractivity contribution in [2.75, 3.05) is 5.73 Å². The van der Waals surface area contributed by atoms with Gasteiger partial charge in [-0.3, -0.25) is 0 Å². The Bertz CT molecular complexity index is 689. The van der Waals surface area contributed by atoms with Gasteiger partial charge in [0.05, 0.1) is 11.1 Å². The Hall–Kier alpha value is -2.69. The molecule has 2 N–H and O–H groups in total. The monoisotopic (exact) mass is 252 g/mol. The molecule has 0 spiro atoms. The second-order valence-electron chi connectivity index (χ2n) is 4.27. The van der Waals surface area contributed by atoms with Gasteiger partial charge in [0.25, 0.3) is 0 Å². The Morgan fingerprint density at radius 1 is 1.00 bits per heavy atom. The van der Waals surface area contributed by atoms with E-state index in [-0.39, 0.29) is 0 Å². The van der Waals surface area contributed by atoms with Gasteiger partial charge in [-0.1, -0.05) is 35.0 Å². The van der Waals surface area contributed by atoms with Crippen molar-refractivity contribution in [2.24, 2.45) is 0 Å². The zero-order chi connectivity index (χ0) is 13.2. The molecule has 0 amide bonds.